The number of aryl methyl sites for hydroxylation is 1. The highest BCUT2D eigenvalue weighted by Crippen LogP contribution is 2.12. The van der Waals surface area contributed by atoms with Crippen LogP contribution in [-0.4, -0.2) is 35.3 Å². The lowest BCUT2D eigenvalue weighted by molar-refractivity contribution is 0.372. The molecular formula is C11H18N6O3S. The van der Waals surface area contributed by atoms with Gasteiger partial charge in [-0.25, -0.2) is 13.1 Å². The molecule has 21 heavy (non-hydrogen) atoms. The van der Waals surface area contributed by atoms with Gasteiger partial charge in [0.05, 0.1) is 12.7 Å². The van der Waals surface area contributed by atoms with E-state index in [9.17, 15) is 8.42 Å². The van der Waals surface area contributed by atoms with Crippen molar-refractivity contribution >= 4 is 10.0 Å². The molecule has 0 bridgehead atoms. The Morgan fingerprint density at radius 3 is 2.86 bits per heavy atom. The van der Waals surface area contributed by atoms with E-state index >= 15 is 0 Å². The lowest BCUT2D eigenvalue weighted by Crippen LogP contribution is -2.26. The van der Waals surface area contributed by atoms with Gasteiger partial charge in [-0.3, -0.25) is 5.10 Å². The molecule has 2 heterocycles. The van der Waals surface area contributed by atoms with Crippen LogP contribution >= 0.6 is 0 Å². The third kappa shape index (κ3) is 4.09. The maximum Gasteiger partial charge on any atom is 0.258 e. The minimum atomic E-state index is -3.71. The van der Waals surface area contributed by atoms with Gasteiger partial charge >= 0.3 is 0 Å². The van der Waals surface area contributed by atoms with Crippen LogP contribution in [0.4, 0.5) is 0 Å². The zero-order chi connectivity index (χ0) is 15.3. The van der Waals surface area contributed by atoms with Crippen LogP contribution in [0.3, 0.4) is 0 Å². The van der Waals surface area contributed by atoms with Gasteiger partial charge in [0, 0.05) is 12.1 Å². The Balaban J connectivity index is 2.03. The minimum absolute atomic E-state index is 0.0438. The zero-order valence-electron chi connectivity index (χ0n) is 11.9. The van der Waals surface area contributed by atoms with Gasteiger partial charge in [-0.2, -0.15) is 10.1 Å². The van der Waals surface area contributed by atoms with Crippen LogP contribution in [0, 0.1) is 6.92 Å². The van der Waals surface area contributed by atoms with Crippen molar-refractivity contribution in [3.8, 4) is 0 Å². The van der Waals surface area contributed by atoms with Crippen molar-refractivity contribution in [3.05, 3.63) is 23.5 Å². The lowest BCUT2D eigenvalue weighted by Gasteiger charge is -2.06. The molecule has 9 nitrogen and oxygen atoms in total. The molecule has 2 aromatic rings. The molecule has 2 rings (SSSR count). The number of aromatic amines is 1. The van der Waals surface area contributed by atoms with Crippen molar-refractivity contribution < 1.29 is 12.9 Å². The van der Waals surface area contributed by atoms with Gasteiger partial charge in [-0.1, -0.05) is 12.1 Å². The third-order valence-electron chi connectivity index (χ3n) is 2.67. The topological polar surface area (TPSA) is 126 Å². The maximum absolute atomic E-state index is 12.2. The van der Waals surface area contributed by atoms with E-state index in [0.29, 0.717) is 17.9 Å². The second kappa shape index (κ2) is 6.78. The third-order valence-corrected chi connectivity index (χ3v) is 4.09. The summed E-state index contributed by atoms with van der Waals surface area (Å²) in [5.41, 5.74) is 0.581. The molecule has 3 N–H and O–H groups in total. The molecule has 116 valence electrons. The summed E-state index contributed by atoms with van der Waals surface area (Å²) in [6, 6.07) is 0. The van der Waals surface area contributed by atoms with Gasteiger partial charge < -0.3 is 9.84 Å². The number of nitrogens with zero attached hydrogens (tertiary/aromatic N) is 3. The van der Waals surface area contributed by atoms with E-state index in [2.05, 4.69) is 30.4 Å². The first kappa shape index (κ1) is 15.6. The number of hydrogen-bond acceptors (Lipinski definition) is 7. The molecular weight excluding hydrogens is 296 g/mol. The number of hydrogen-bond donors (Lipinski definition) is 3. The maximum atomic E-state index is 12.2. The predicted octanol–water partition coefficient (Wildman–Crippen LogP) is 0.0792. The smallest absolute Gasteiger partial charge is 0.258 e. The fourth-order valence-electron chi connectivity index (χ4n) is 1.70. The fraction of sp³-hybridized carbons (Fsp3) is 0.545. The summed E-state index contributed by atoms with van der Waals surface area (Å²) in [6.45, 7) is 4.87. The van der Waals surface area contributed by atoms with Crippen molar-refractivity contribution in [3.63, 3.8) is 0 Å². The Kier molecular flexibility index (Phi) is 5.04. The van der Waals surface area contributed by atoms with Gasteiger partial charge in [0.25, 0.3) is 10.0 Å². The number of H-pyrrole nitrogens is 1. The van der Waals surface area contributed by atoms with Crippen LogP contribution in [0.15, 0.2) is 15.7 Å². The highest BCUT2D eigenvalue weighted by molar-refractivity contribution is 7.89. The Labute approximate surface area is 122 Å². The zero-order valence-corrected chi connectivity index (χ0v) is 12.7. The molecule has 0 unspecified atom stereocenters. The molecule has 0 saturated heterocycles. The average Bonchev–Trinajstić information content (AvgIpc) is 3.06. The van der Waals surface area contributed by atoms with Gasteiger partial charge in [0.2, 0.25) is 5.89 Å². The summed E-state index contributed by atoms with van der Waals surface area (Å²) >= 11 is 0. The number of nitrogens with one attached hydrogen (secondary N) is 3. The van der Waals surface area contributed by atoms with Crippen molar-refractivity contribution in [2.45, 2.75) is 38.4 Å². The molecule has 0 aliphatic carbocycles. The molecule has 0 saturated carbocycles. The SMILES string of the molecule is CCCNCc1cn[nH]c1S(=O)(=O)NCc1nc(C)no1. The minimum Gasteiger partial charge on any atom is -0.338 e. The molecule has 0 aliphatic heterocycles. The number of aromatic nitrogens is 4. The van der Waals surface area contributed by atoms with E-state index in [-0.39, 0.29) is 17.5 Å². The Bertz CT molecular complexity index is 678. The summed E-state index contributed by atoms with van der Waals surface area (Å²) in [6.07, 6.45) is 2.46. The largest absolute Gasteiger partial charge is 0.338 e. The first-order valence-corrected chi connectivity index (χ1v) is 8.03. The van der Waals surface area contributed by atoms with Crippen LogP contribution < -0.4 is 10.0 Å². The van der Waals surface area contributed by atoms with Crippen LogP contribution in [0.2, 0.25) is 0 Å². The molecule has 0 amide bonds. The standard InChI is InChI=1S/C11H18N6O3S/c1-3-4-12-5-9-6-13-16-11(9)21(18,19)14-7-10-15-8(2)17-20-10/h6,12,14H,3-5,7H2,1-2H3,(H,13,16). The van der Waals surface area contributed by atoms with Gasteiger partial charge in [-0.15, -0.1) is 0 Å². The second-order valence-corrected chi connectivity index (χ2v) is 6.16. The summed E-state index contributed by atoms with van der Waals surface area (Å²) in [4.78, 5) is 3.94. The Morgan fingerprint density at radius 1 is 1.38 bits per heavy atom. The Morgan fingerprint density at radius 2 is 2.19 bits per heavy atom. The van der Waals surface area contributed by atoms with Crippen LogP contribution in [0.5, 0.6) is 0 Å². The van der Waals surface area contributed by atoms with Crippen LogP contribution in [-0.2, 0) is 23.1 Å². The quantitative estimate of drug-likeness (QED) is 0.589. The normalized spacial score (nSPS) is 11.9. The predicted molar refractivity (Wildman–Crippen MR) is 73.6 cm³/mol. The Hall–Kier alpha value is -1.78. The monoisotopic (exact) mass is 314 g/mol. The lowest BCUT2D eigenvalue weighted by atomic mass is 10.3. The van der Waals surface area contributed by atoms with Crippen LogP contribution in [0.25, 0.3) is 0 Å². The molecule has 10 heteroatoms. The van der Waals surface area contributed by atoms with Crippen molar-refractivity contribution in [1.29, 1.82) is 0 Å². The van der Waals surface area contributed by atoms with Crippen molar-refractivity contribution in [1.82, 2.24) is 30.4 Å². The average molecular weight is 314 g/mol. The first-order valence-electron chi connectivity index (χ1n) is 6.54. The molecule has 2 aromatic heterocycles. The summed E-state index contributed by atoms with van der Waals surface area (Å²) in [7, 11) is -3.71. The highest BCUT2D eigenvalue weighted by Gasteiger charge is 2.21. The van der Waals surface area contributed by atoms with Crippen LogP contribution in [0.1, 0.15) is 30.6 Å². The van der Waals surface area contributed by atoms with E-state index in [1.165, 1.54) is 6.20 Å². The van der Waals surface area contributed by atoms with E-state index in [4.69, 9.17) is 4.52 Å². The molecule has 0 fully saturated rings. The molecule has 0 atom stereocenters. The summed E-state index contributed by atoms with van der Waals surface area (Å²) in [5.74, 6) is 0.663. The molecule has 0 aliphatic rings. The molecule has 0 radical (unpaired) electrons. The molecule has 0 aromatic carbocycles. The van der Waals surface area contributed by atoms with E-state index in [0.717, 1.165) is 13.0 Å². The summed E-state index contributed by atoms with van der Waals surface area (Å²) in [5, 5.41) is 13.1. The van der Waals surface area contributed by atoms with E-state index in [1.807, 2.05) is 6.92 Å². The fourth-order valence-corrected chi connectivity index (χ4v) is 2.80. The summed E-state index contributed by atoms with van der Waals surface area (Å²) < 4.78 is 31.7. The van der Waals surface area contributed by atoms with Gasteiger partial charge in [0.1, 0.15) is 0 Å². The first-order chi connectivity index (χ1) is 10.0. The van der Waals surface area contributed by atoms with E-state index < -0.39 is 10.0 Å². The highest BCUT2D eigenvalue weighted by atomic mass is 32.2. The second-order valence-electron chi connectivity index (χ2n) is 4.46. The van der Waals surface area contributed by atoms with Gasteiger partial charge in [-0.05, 0) is 19.9 Å². The van der Waals surface area contributed by atoms with Gasteiger partial charge in [0.15, 0.2) is 10.9 Å². The number of sulfonamides is 1. The van der Waals surface area contributed by atoms with E-state index in [1.54, 1.807) is 6.92 Å². The van der Waals surface area contributed by atoms with Crippen molar-refractivity contribution in [2.75, 3.05) is 6.54 Å². The number of rotatable bonds is 8. The molecule has 0 spiro atoms. The van der Waals surface area contributed by atoms with Crippen molar-refractivity contribution in [2.24, 2.45) is 0 Å².